The second-order valence-corrected chi connectivity index (χ2v) is 4.47. The molecule has 0 saturated carbocycles. The van der Waals surface area contributed by atoms with Gasteiger partial charge in [-0.25, -0.2) is 4.98 Å². The van der Waals surface area contributed by atoms with E-state index in [9.17, 15) is 4.79 Å². The number of aryl methyl sites for hydroxylation is 1. The molecule has 0 aromatic carbocycles. The molecule has 0 saturated heterocycles. The standard InChI is InChI=1S/C12H19N3O3/c1-7(2)9(6-11(16)17)14-12-13-8(3)5-10(15-12)18-4/h5,7,9H,6H2,1-4H3,(H,16,17)(H,13,14,15). The van der Waals surface area contributed by atoms with Crippen molar-refractivity contribution in [3.8, 4) is 5.88 Å². The lowest BCUT2D eigenvalue weighted by molar-refractivity contribution is -0.137. The number of carbonyl (C=O) groups is 1. The molecule has 0 aliphatic rings. The predicted octanol–water partition coefficient (Wildman–Crippen LogP) is 1.70. The van der Waals surface area contributed by atoms with Gasteiger partial charge in [-0.3, -0.25) is 4.79 Å². The molecule has 1 aromatic rings. The second kappa shape index (κ2) is 6.18. The first-order chi connectivity index (χ1) is 8.42. The van der Waals surface area contributed by atoms with Gasteiger partial charge >= 0.3 is 5.97 Å². The summed E-state index contributed by atoms with van der Waals surface area (Å²) in [6.45, 7) is 5.73. The van der Waals surface area contributed by atoms with Crippen molar-refractivity contribution in [2.75, 3.05) is 12.4 Å². The molecule has 1 atom stereocenters. The summed E-state index contributed by atoms with van der Waals surface area (Å²) < 4.78 is 5.05. The second-order valence-electron chi connectivity index (χ2n) is 4.47. The van der Waals surface area contributed by atoms with Crippen LogP contribution in [0.4, 0.5) is 5.95 Å². The van der Waals surface area contributed by atoms with Gasteiger partial charge in [0.25, 0.3) is 0 Å². The summed E-state index contributed by atoms with van der Waals surface area (Å²) in [6, 6.07) is 1.50. The summed E-state index contributed by atoms with van der Waals surface area (Å²) >= 11 is 0. The van der Waals surface area contributed by atoms with Gasteiger partial charge in [0.1, 0.15) is 0 Å². The molecule has 100 valence electrons. The molecule has 1 rings (SSSR count). The van der Waals surface area contributed by atoms with Gasteiger partial charge < -0.3 is 15.2 Å². The van der Waals surface area contributed by atoms with Gasteiger partial charge in [-0.15, -0.1) is 0 Å². The minimum absolute atomic E-state index is 0.0251. The van der Waals surface area contributed by atoms with Crippen LogP contribution in [-0.2, 0) is 4.79 Å². The monoisotopic (exact) mass is 253 g/mol. The maximum atomic E-state index is 10.8. The fourth-order valence-corrected chi connectivity index (χ4v) is 1.52. The summed E-state index contributed by atoms with van der Waals surface area (Å²) in [4.78, 5) is 19.1. The van der Waals surface area contributed by atoms with E-state index in [0.717, 1.165) is 5.69 Å². The number of hydrogen-bond donors (Lipinski definition) is 2. The van der Waals surface area contributed by atoms with Crippen LogP contribution in [0.15, 0.2) is 6.07 Å². The number of ether oxygens (including phenoxy) is 1. The third kappa shape index (κ3) is 4.20. The quantitative estimate of drug-likeness (QED) is 0.802. The average molecular weight is 253 g/mol. The van der Waals surface area contributed by atoms with Crippen LogP contribution in [0.2, 0.25) is 0 Å². The van der Waals surface area contributed by atoms with E-state index in [2.05, 4.69) is 15.3 Å². The molecule has 6 heteroatoms. The van der Waals surface area contributed by atoms with E-state index in [1.165, 1.54) is 7.11 Å². The van der Waals surface area contributed by atoms with Crippen LogP contribution in [0, 0.1) is 12.8 Å². The van der Waals surface area contributed by atoms with Crippen molar-refractivity contribution in [2.45, 2.75) is 33.2 Å². The SMILES string of the molecule is COc1cc(C)nc(NC(CC(=O)O)C(C)C)n1. The number of carboxylic acids is 1. The Morgan fingerprint density at radius 2 is 2.17 bits per heavy atom. The zero-order valence-corrected chi connectivity index (χ0v) is 11.1. The number of methoxy groups -OCH3 is 1. The third-order valence-corrected chi connectivity index (χ3v) is 2.55. The fourth-order valence-electron chi connectivity index (χ4n) is 1.52. The summed E-state index contributed by atoms with van der Waals surface area (Å²) in [7, 11) is 1.53. The zero-order chi connectivity index (χ0) is 13.7. The van der Waals surface area contributed by atoms with Gasteiger partial charge in [-0.2, -0.15) is 4.98 Å². The maximum absolute atomic E-state index is 10.8. The number of hydrogen-bond acceptors (Lipinski definition) is 5. The first-order valence-corrected chi connectivity index (χ1v) is 5.80. The van der Waals surface area contributed by atoms with Crippen LogP contribution in [0.1, 0.15) is 26.0 Å². The molecule has 2 N–H and O–H groups in total. The number of anilines is 1. The van der Waals surface area contributed by atoms with Crippen LogP contribution in [0.25, 0.3) is 0 Å². The molecule has 0 fully saturated rings. The number of nitrogens with zero attached hydrogens (tertiary/aromatic N) is 2. The highest BCUT2D eigenvalue weighted by molar-refractivity contribution is 5.68. The van der Waals surface area contributed by atoms with Crippen LogP contribution in [0.5, 0.6) is 5.88 Å². The maximum Gasteiger partial charge on any atom is 0.305 e. The Morgan fingerprint density at radius 1 is 1.50 bits per heavy atom. The molecule has 1 unspecified atom stereocenters. The molecule has 18 heavy (non-hydrogen) atoms. The highest BCUT2D eigenvalue weighted by Crippen LogP contribution is 2.16. The molecule has 1 heterocycles. The average Bonchev–Trinajstić information content (AvgIpc) is 2.26. The van der Waals surface area contributed by atoms with Crippen molar-refractivity contribution in [3.05, 3.63) is 11.8 Å². The predicted molar refractivity (Wildman–Crippen MR) is 67.8 cm³/mol. The van der Waals surface area contributed by atoms with Crippen molar-refractivity contribution in [2.24, 2.45) is 5.92 Å². The lowest BCUT2D eigenvalue weighted by atomic mass is 10.0. The first kappa shape index (κ1) is 14.2. The Bertz CT molecular complexity index is 421. The van der Waals surface area contributed by atoms with Crippen molar-refractivity contribution in [1.82, 2.24) is 9.97 Å². The van der Waals surface area contributed by atoms with E-state index >= 15 is 0 Å². The largest absolute Gasteiger partial charge is 0.481 e. The normalized spacial score (nSPS) is 12.3. The van der Waals surface area contributed by atoms with Gasteiger partial charge in [-0.05, 0) is 12.8 Å². The minimum atomic E-state index is -0.846. The van der Waals surface area contributed by atoms with Gasteiger partial charge in [0.05, 0.1) is 13.5 Å². The fraction of sp³-hybridized carbons (Fsp3) is 0.583. The molecule has 0 amide bonds. The molecule has 0 spiro atoms. The Labute approximate surface area is 106 Å². The lowest BCUT2D eigenvalue weighted by Gasteiger charge is -2.20. The smallest absolute Gasteiger partial charge is 0.305 e. The summed E-state index contributed by atoms with van der Waals surface area (Å²) in [6.07, 6.45) is 0.0251. The molecule has 6 nitrogen and oxygen atoms in total. The van der Waals surface area contributed by atoms with Crippen molar-refractivity contribution < 1.29 is 14.6 Å². The number of rotatable bonds is 6. The zero-order valence-electron chi connectivity index (χ0n) is 11.1. The highest BCUT2D eigenvalue weighted by atomic mass is 16.5. The summed E-state index contributed by atoms with van der Waals surface area (Å²) in [5.41, 5.74) is 0.766. The Hall–Kier alpha value is -1.85. The van der Waals surface area contributed by atoms with Crippen molar-refractivity contribution >= 4 is 11.9 Å². The number of nitrogens with one attached hydrogen (secondary N) is 1. The molecular weight excluding hydrogens is 234 g/mol. The van der Waals surface area contributed by atoms with Gasteiger partial charge in [0.2, 0.25) is 11.8 Å². The Kier molecular flexibility index (Phi) is 4.88. The van der Waals surface area contributed by atoms with E-state index in [1.807, 2.05) is 20.8 Å². The molecule has 0 aliphatic heterocycles. The van der Waals surface area contributed by atoms with Gasteiger partial charge in [-0.1, -0.05) is 13.8 Å². The molecule has 1 aromatic heterocycles. The molecule has 0 bridgehead atoms. The van der Waals surface area contributed by atoms with Crippen molar-refractivity contribution in [1.29, 1.82) is 0 Å². The Balaban J connectivity index is 2.86. The van der Waals surface area contributed by atoms with Gasteiger partial charge in [0.15, 0.2) is 0 Å². The van der Waals surface area contributed by atoms with Crippen LogP contribution in [0.3, 0.4) is 0 Å². The van der Waals surface area contributed by atoms with Crippen LogP contribution in [-0.4, -0.2) is 34.2 Å². The molecular formula is C12H19N3O3. The molecule has 0 aliphatic carbocycles. The lowest BCUT2D eigenvalue weighted by Crippen LogP contribution is -2.29. The van der Waals surface area contributed by atoms with E-state index in [1.54, 1.807) is 6.07 Å². The van der Waals surface area contributed by atoms with Crippen LogP contribution >= 0.6 is 0 Å². The summed E-state index contributed by atoms with van der Waals surface area (Å²) in [5, 5.41) is 11.9. The van der Waals surface area contributed by atoms with Crippen molar-refractivity contribution in [3.63, 3.8) is 0 Å². The highest BCUT2D eigenvalue weighted by Gasteiger charge is 2.18. The van der Waals surface area contributed by atoms with E-state index < -0.39 is 5.97 Å². The third-order valence-electron chi connectivity index (χ3n) is 2.55. The molecule has 0 radical (unpaired) electrons. The minimum Gasteiger partial charge on any atom is -0.481 e. The van der Waals surface area contributed by atoms with Crippen LogP contribution < -0.4 is 10.1 Å². The van der Waals surface area contributed by atoms with E-state index in [-0.39, 0.29) is 18.4 Å². The number of carboxylic acid groups (broad SMARTS) is 1. The van der Waals surface area contributed by atoms with Gasteiger partial charge in [0, 0.05) is 17.8 Å². The number of aromatic nitrogens is 2. The summed E-state index contributed by atoms with van der Waals surface area (Å²) in [5.74, 6) is 0.173. The Morgan fingerprint density at radius 3 is 2.67 bits per heavy atom. The first-order valence-electron chi connectivity index (χ1n) is 5.80. The van der Waals surface area contributed by atoms with E-state index in [0.29, 0.717) is 11.8 Å². The topological polar surface area (TPSA) is 84.3 Å². The number of aliphatic carboxylic acids is 1. The van der Waals surface area contributed by atoms with E-state index in [4.69, 9.17) is 9.84 Å².